The van der Waals surface area contributed by atoms with Gasteiger partial charge in [0.1, 0.15) is 6.54 Å². The molecule has 0 aliphatic carbocycles. The number of nitro benzene ring substituents is 1. The van der Waals surface area contributed by atoms with Gasteiger partial charge in [-0.15, -0.1) is 0 Å². The normalized spacial score (nSPS) is 11.5. The fraction of sp³-hybridized carbons (Fsp3) is 0.200. The molecule has 0 spiro atoms. The summed E-state index contributed by atoms with van der Waals surface area (Å²) in [5.41, 5.74) is 4.27. The van der Waals surface area contributed by atoms with Gasteiger partial charge in [-0.05, 0) is 55.8 Å². The molecule has 12 heteroatoms. The second-order valence-corrected chi connectivity index (χ2v) is 9.76. The highest BCUT2D eigenvalue weighted by Gasteiger charge is 2.28. The van der Waals surface area contributed by atoms with Crippen molar-refractivity contribution in [3.8, 4) is 11.5 Å². The Balaban J connectivity index is 1.91. The van der Waals surface area contributed by atoms with E-state index in [1.165, 1.54) is 62.8 Å². The number of methoxy groups -OCH3 is 2. The number of aryl methyl sites for hydroxylation is 1. The number of carbonyl (C=O) groups excluding carboxylic acids is 1. The smallest absolute Gasteiger partial charge is 0.269 e. The van der Waals surface area contributed by atoms with E-state index in [0.717, 1.165) is 9.87 Å². The number of hydrogen-bond donors (Lipinski definition) is 1. The number of ether oxygens (including phenoxy) is 2. The third kappa shape index (κ3) is 6.41. The quantitative estimate of drug-likeness (QED) is 0.241. The Morgan fingerprint density at radius 2 is 1.62 bits per heavy atom. The van der Waals surface area contributed by atoms with E-state index in [1.54, 1.807) is 25.1 Å². The van der Waals surface area contributed by atoms with Crippen molar-refractivity contribution < 1.29 is 27.6 Å². The lowest BCUT2D eigenvalue weighted by molar-refractivity contribution is -0.384. The summed E-state index contributed by atoms with van der Waals surface area (Å²) in [5, 5.41) is 14.9. The van der Waals surface area contributed by atoms with Crippen molar-refractivity contribution in [2.75, 3.05) is 25.1 Å². The summed E-state index contributed by atoms with van der Waals surface area (Å²) in [4.78, 5) is 23.2. The van der Waals surface area contributed by atoms with Gasteiger partial charge < -0.3 is 9.47 Å². The van der Waals surface area contributed by atoms with Crippen LogP contribution < -0.4 is 19.2 Å². The summed E-state index contributed by atoms with van der Waals surface area (Å²) >= 11 is 0. The van der Waals surface area contributed by atoms with E-state index >= 15 is 0 Å². The van der Waals surface area contributed by atoms with Gasteiger partial charge in [-0.3, -0.25) is 19.2 Å². The molecule has 11 nitrogen and oxygen atoms in total. The van der Waals surface area contributed by atoms with Gasteiger partial charge >= 0.3 is 0 Å². The van der Waals surface area contributed by atoms with Crippen molar-refractivity contribution in [1.29, 1.82) is 0 Å². The molecular weight excluding hydrogens is 500 g/mol. The Morgan fingerprint density at radius 1 is 1.00 bits per heavy atom. The van der Waals surface area contributed by atoms with E-state index < -0.39 is 27.4 Å². The zero-order valence-electron chi connectivity index (χ0n) is 20.7. The summed E-state index contributed by atoms with van der Waals surface area (Å²) in [5.74, 6) is -0.0185. The number of nitro groups is 1. The van der Waals surface area contributed by atoms with Crippen LogP contribution in [0.1, 0.15) is 18.1 Å². The molecule has 0 fully saturated rings. The van der Waals surface area contributed by atoms with Gasteiger partial charge in [-0.25, -0.2) is 13.8 Å². The summed E-state index contributed by atoms with van der Waals surface area (Å²) in [6, 6.07) is 16.4. The SMILES string of the molecule is COc1ccc(N(CC(=O)N/N=C(\C)c2ccc([N+](=O)[O-])cc2)S(=O)(=O)c2ccc(C)cc2)cc1OC. The standard InChI is InChI=1S/C25H26N4O7S/c1-17-5-12-22(13-6-17)37(33,34)28(21-11-14-23(35-3)24(15-21)36-4)16-25(30)27-26-18(2)19-7-9-20(10-8-19)29(31)32/h5-15H,16H2,1-4H3,(H,27,30)/b26-18+. The molecule has 37 heavy (non-hydrogen) atoms. The second-order valence-electron chi connectivity index (χ2n) is 7.90. The van der Waals surface area contributed by atoms with Crippen LogP contribution in [0, 0.1) is 17.0 Å². The zero-order valence-corrected chi connectivity index (χ0v) is 21.5. The first-order valence-corrected chi connectivity index (χ1v) is 12.4. The van der Waals surface area contributed by atoms with Gasteiger partial charge in [-0.2, -0.15) is 5.10 Å². The number of nitrogens with zero attached hydrogens (tertiary/aromatic N) is 3. The molecule has 3 rings (SSSR count). The Labute approximate surface area is 214 Å². The Bertz CT molecular complexity index is 1420. The third-order valence-electron chi connectivity index (χ3n) is 5.40. The minimum atomic E-state index is -4.15. The van der Waals surface area contributed by atoms with Crippen LogP contribution in [-0.4, -0.2) is 45.7 Å². The highest BCUT2D eigenvalue weighted by molar-refractivity contribution is 7.92. The molecular formula is C25H26N4O7S. The molecule has 0 saturated heterocycles. The predicted molar refractivity (Wildman–Crippen MR) is 139 cm³/mol. The number of nitrogens with one attached hydrogen (secondary N) is 1. The van der Waals surface area contributed by atoms with Crippen LogP contribution >= 0.6 is 0 Å². The van der Waals surface area contributed by atoms with E-state index in [-0.39, 0.29) is 22.0 Å². The molecule has 0 aromatic heterocycles. The summed E-state index contributed by atoms with van der Waals surface area (Å²) in [7, 11) is -1.28. The lowest BCUT2D eigenvalue weighted by Gasteiger charge is -2.24. The fourth-order valence-electron chi connectivity index (χ4n) is 3.33. The van der Waals surface area contributed by atoms with E-state index in [2.05, 4.69) is 10.5 Å². The molecule has 0 saturated carbocycles. The van der Waals surface area contributed by atoms with Gasteiger partial charge in [0, 0.05) is 18.2 Å². The largest absolute Gasteiger partial charge is 0.493 e. The number of rotatable bonds is 10. The molecule has 0 unspecified atom stereocenters. The van der Waals surface area contributed by atoms with Crippen LogP contribution in [0.5, 0.6) is 11.5 Å². The first-order valence-electron chi connectivity index (χ1n) is 11.0. The van der Waals surface area contributed by atoms with Crippen LogP contribution in [0.25, 0.3) is 0 Å². The number of hydrogen-bond acceptors (Lipinski definition) is 8. The maximum absolute atomic E-state index is 13.6. The zero-order chi connectivity index (χ0) is 27.2. The van der Waals surface area contributed by atoms with Gasteiger partial charge in [0.25, 0.3) is 21.6 Å². The highest BCUT2D eigenvalue weighted by Crippen LogP contribution is 2.33. The molecule has 0 bridgehead atoms. The minimum Gasteiger partial charge on any atom is -0.493 e. The molecule has 0 atom stereocenters. The minimum absolute atomic E-state index is 0.00578. The van der Waals surface area contributed by atoms with Crippen molar-refractivity contribution in [3.63, 3.8) is 0 Å². The lowest BCUT2D eigenvalue weighted by Crippen LogP contribution is -2.39. The number of anilines is 1. The molecule has 1 amide bonds. The summed E-state index contributed by atoms with van der Waals surface area (Å²) < 4.78 is 38.6. The van der Waals surface area contributed by atoms with Crippen LogP contribution in [0.2, 0.25) is 0 Å². The Hall–Kier alpha value is -4.45. The predicted octanol–water partition coefficient (Wildman–Crippen LogP) is 3.66. The molecule has 1 N–H and O–H groups in total. The molecule has 0 heterocycles. The van der Waals surface area contributed by atoms with Crippen molar-refractivity contribution in [2.24, 2.45) is 5.10 Å². The van der Waals surface area contributed by atoms with Gasteiger partial charge in [0.05, 0.1) is 35.4 Å². The Kier molecular flexibility index (Phi) is 8.45. The van der Waals surface area contributed by atoms with E-state index in [9.17, 15) is 23.3 Å². The van der Waals surface area contributed by atoms with Crippen molar-refractivity contribution in [2.45, 2.75) is 18.7 Å². The average molecular weight is 527 g/mol. The topological polar surface area (TPSA) is 140 Å². The van der Waals surface area contributed by atoms with Crippen LogP contribution in [0.15, 0.2) is 76.7 Å². The fourth-order valence-corrected chi connectivity index (χ4v) is 4.75. The number of sulfonamides is 1. The molecule has 0 radical (unpaired) electrons. The Morgan fingerprint density at radius 3 is 2.19 bits per heavy atom. The second kappa shape index (κ2) is 11.5. The van der Waals surface area contributed by atoms with Gasteiger partial charge in [0.15, 0.2) is 11.5 Å². The van der Waals surface area contributed by atoms with Crippen molar-refractivity contribution in [1.82, 2.24) is 5.43 Å². The molecule has 3 aromatic rings. The van der Waals surface area contributed by atoms with Gasteiger partial charge in [0.2, 0.25) is 0 Å². The molecule has 0 aliphatic rings. The van der Waals surface area contributed by atoms with Crippen molar-refractivity contribution >= 4 is 33.0 Å². The van der Waals surface area contributed by atoms with E-state index in [0.29, 0.717) is 17.0 Å². The van der Waals surface area contributed by atoms with Crippen LogP contribution in [0.4, 0.5) is 11.4 Å². The summed E-state index contributed by atoms with van der Waals surface area (Å²) in [6.07, 6.45) is 0. The number of carbonyl (C=O) groups is 1. The molecule has 0 aliphatic heterocycles. The maximum Gasteiger partial charge on any atom is 0.269 e. The maximum atomic E-state index is 13.6. The van der Waals surface area contributed by atoms with E-state index in [4.69, 9.17) is 9.47 Å². The third-order valence-corrected chi connectivity index (χ3v) is 7.18. The van der Waals surface area contributed by atoms with Crippen molar-refractivity contribution in [3.05, 3.63) is 88.0 Å². The van der Waals surface area contributed by atoms with Gasteiger partial charge in [-0.1, -0.05) is 17.7 Å². The number of hydrazone groups is 1. The number of amides is 1. The number of benzene rings is 3. The average Bonchev–Trinajstić information content (AvgIpc) is 2.90. The monoisotopic (exact) mass is 526 g/mol. The summed E-state index contributed by atoms with van der Waals surface area (Å²) in [6.45, 7) is 2.86. The first kappa shape index (κ1) is 27.1. The molecule has 194 valence electrons. The van der Waals surface area contributed by atoms with Crippen LogP contribution in [-0.2, 0) is 14.8 Å². The van der Waals surface area contributed by atoms with E-state index in [1.807, 2.05) is 6.92 Å². The first-order chi connectivity index (χ1) is 17.6. The lowest BCUT2D eigenvalue weighted by atomic mass is 10.1. The molecule has 3 aromatic carbocycles. The highest BCUT2D eigenvalue weighted by atomic mass is 32.2. The van der Waals surface area contributed by atoms with Crippen LogP contribution in [0.3, 0.4) is 0 Å². The number of non-ortho nitro benzene ring substituents is 1.